The molecule has 0 bridgehead atoms. The van der Waals surface area contributed by atoms with Crippen molar-refractivity contribution in [3.05, 3.63) is 64.7 Å². The number of hydrogen-bond acceptors (Lipinski definition) is 3. The van der Waals surface area contributed by atoms with Crippen LogP contribution in [0.2, 0.25) is 5.02 Å². The maximum absolute atomic E-state index is 12.5. The van der Waals surface area contributed by atoms with E-state index in [0.717, 1.165) is 23.9 Å². The van der Waals surface area contributed by atoms with Gasteiger partial charge in [-0.25, -0.2) is 0 Å². The van der Waals surface area contributed by atoms with Crippen LogP contribution in [0.15, 0.2) is 48.5 Å². The van der Waals surface area contributed by atoms with Gasteiger partial charge in [-0.1, -0.05) is 41.9 Å². The quantitative estimate of drug-likeness (QED) is 0.678. The molecule has 0 radical (unpaired) electrons. The van der Waals surface area contributed by atoms with Gasteiger partial charge in [0, 0.05) is 43.1 Å². The molecule has 3 nitrogen and oxygen atoms in total. The van der Waals surface area contributed by atoms with Crippen LogP contribution in [0.5, 0.6) is 0 Å². The lowest BCUT2D eigenvalue weighted by molar-refractivity contribution is -0.127. The Morgan fingerprint density at radius 1 is 1.12 bits per heavy atom. The predicted octanol–water partition coefficient (Wildman–Crippen LogP) is 4.83. The molecule has 0 saturated carbocycles. The molecule has 0 aromatic heterocycles. The number of amides is 1. The van der Waals surface area contributed by atoms with E-state index in [4.69, 9.17) is 11.6 Å². The Kier molecular flexibility index (Phi) is 6.86. The van der Waals surface area contributed by atoms with E-state index in [-0.39, 0.29) is 5.91 Å². The second kappa shape index (κ2) is 9.33. The van der Waals surface area contributed by atoms with Crippen LogP contribution in [-0.2, 0) is 17.1 Å². The first-order chi connectivity index (χ1) is 12.6. The maximum atomic E-state index is 12.5. The Morgan fingerprint density at radius 2 is 1.81 bits per heavy atom. The summed E-state index contributed by atoms with van der Waals surface area (Å²) in [5, 5.41) is 0.742. The van der Waals surface area contributed by atoms with Gasteiger partial charge in [-0.3, -0.25) is 4.79 Å². The summed E-state index contributed by atoms with van der Waals surface area (Å²) in [7, 11) is 1.89. The third kappa shape index (κ3) is 5.18. The van der Waals surface area contributed by atoms with E-state index in [1.807, 2.05) is 36.2 Å². The molecule has 138 valence electrons. The third-order valence-electron chi connectivity index (χ3n) is 4.68. The van der Waals surface area contributed by atoms with Crippen molar-refractivity contribution in [2.75, 3.05) is 30.8 Å². The molecule has 2 aromatic carbocycles. The van der Waals surface area contributed by atoms with Gasteiger partial charge in [0.05, 0.1) is 5.75 Å². The molecule has 0 unspecified atom stereocenters. The summed E-state index contributed by atoms with van der Waals surface area (Å²) < 4.78 is 0. The number of carbonyl (C=O) groups excluding carboxylic acids is 1. The van der Waals surface area contributed by atoms with Crippen LogP contribution in [0.25, 0.3) is 0 Å². The second-order valence-electron chi connectivity index (χ2n) is 6.69. The van der Waals surface area contributed by atoms with E-state index in [1.54, 1.807) is 11.8 Å². The third-order valence-corrected chi connectivity index (χ3v) is 5.92. The van der Waals surface area contributed by atoms with Gasteiger partial charge >= 0.3 is 0 Å². The summed E-state index contributed by atoms with van der Waals surface area (Å²) in [5.41, 5.74) is 3.70. The molecule has 0 N–H and O–H groups in total. The first-order valence-electron chi connectivity index (χ1n) is 9.02. The number of hydrogen-bond donors (Lipinski definition) is 0. The first kappa shape index (κ1) is 19.1. The molecule has 1 aliphatic rings. The fourth-order valence-corrected chi connectivity index (χ4v) is 4.25. The highest BCUT2D eigenvalue weighted by molar-refractivity contribution is 7.99. The molecule has 5 heteroatoms. The van der Waals surface area contributed by atoms with Crippen LogP contribution >= 0.6 is 23.4 Å². The zero-order valence-corrected chi connectivity index (χ0v) is 16.7. The van der Waals surface area contributed by atoms with Crippen molar-refractivity contribution in [1.29, 1.82) is 0 Å². The highest BCUT2D eigenvalue weighted by Crippen LogP contribution is 2.25. The Morgan fingerprint density at radius 3 is 2.54 bits per heavy atom. The normalized spacial score (nSPS) is 13.8. The standard InChI is InChI=1S/C21H25ClN2OS/c1-23(21(25)16-26-15-17-8-10-19(22)11-9-17)14-18-6-2-3-7-20(18)24-12-4-5-13-24/h2-3,6-11H,4-5,12-16H2,1H3. The summed E-state index contributed by atoms with van der Waals surface area (Å²) in [5.74, 6) is 1.48. The van der Waals surface area contributed by atoms with Crippen LogP contribution in [0.1, 0.15) is 24.0 Å². The van der Waals surface area contributed by atoms with Crippen LogP contribution in [0.4, 0.5) is 5.69 Å². The van der Waals surface area contributed by atoms with Crippen molar-refractivity contribution in [3.8, 4) is 0 Å². The molecule has 1 amide bonds. The number of halogens is 1. The summed E-state index contributed by atoms with van der Waals surface area (Å²) in [4.78, 5) is 16.8. The zero-order chi connectivity index (χ0) is 18.4. The van der Waals surface area contributed by atoms with Crippen molar-refractivity contribution in [2.24, 2.45) is 0 Å². The summed E-state index contributed by atoms with van der Waals surface area (Å²) in [6.45, 7) is 2.89. The molecule has 2 aromatic rings. The molecule has 1 heterocycles. The van der Waals surface area contributed by atoms with E-state index >= 15 is 0 Å². The van der Waals surface area contributed by atoms with Gasteiger partial charge in [0.1, 0.15) is 0 Å². The number of benzene rings is 2. The monoisotopic (exact) mass is 388 g/mol. The van der Waals surface area contributed by atoms with E-state index in [9.17, 15) is 4.79 Å². The molecular weight excluding hydrogens is 364 g/mol. The second-order valence-corrected chi connectivity index (χ2v) is 8.11. The molecular formula is C21H25ClN2OS. The number of carbonyl (C=O) groups is 1. The van der Waals surface area contributed by atoms with Crippen LogP contribution in [0, 0.1) is 0 Å². The average molecular weight is 389 g/mol. The van der Waals surface area contributed by atoms with Crippen LogP contribution in [-0.4, -0.2) is 36.7 Å². The summed E-state index contributed by atoms with van der Waals surface area (Å²) in [6, 6.07) is 16.3. The fourth-order valence-electron chi connectivity index (χ4n) is 3.20. The Bertz CT molecular complexity index is 729. The van der Waals surface area contributed by atoms with Gasteiger partial charge in [0.15, 0.2) is 0 Å². The van der Waals surface area contributed by atoms with Crippen LogP contribution in [0.3, 0.4) is 0 Å². The van der Waals surface area contributed by atoms with Crippen molar-refractivity contribution in [3.63, 3.8) is 0 Å². The smallest absolute Gasteiger partial charge is 0.232 e. The van der Waals surface area contributed by atoms with E-state index in [1.165, 1.54) is 29.7 Å². The van der Waals surface area contributed by atoms with Gasteiger partial charge in [0.2, 0.25) is 5.91 Å². The minimum Gasteiger partial charge on any atom is -0.371 e. The number of thioether (sulfide) groups is 1. The number of para-hydroxylation sites is 1. The average Bonchev–Trinajstić information content (AvgIpc) is 3.18. The van der Waals surface area contributed by atoms with E-state index in [2.05, 4.69) is 29.2 Å². The molecule has 0 spiro atoms. The van der Waals surface area contributed by atoms with Gasteiger partial charge in [-0.15, -0.1) is 11.8 Å². The first-order valence-corrected chi connectivity index (χ1v) is 10.6. The fraction of sp³-hybridized carbons (Fsp3) is 0.381. The zero-order valence-electron chi connectivity index (χ0n) is 15.2. The van der Waals surface area contributed by atoms with Crippen LogP contribution < -0.4 is 4.90 Å². The highest BCUT2D eigenvalue weighted by atomic mass is 35.5. The highest BCUT2D eigenvalue weighted by Gasteiger charge is 2.17. The molecule has 0 atom stereocenters. The van der Waals surface area contributed by atoms with E-state index < -0.39 is 0 Å². The van der Waals surface area contributed by atoms with Gasteiger partial charge < -0.3 is 9.80 Å². The van der Waals surface area contributed by atoms with Gasteiger partial charge in [-0.05, 0) is 42.2 Å². The van der Waals surface area contributed by atoms with Gasteiger partial charge in [0.25, 0.3) is 0 Å². The Hall–Kier alpha value is -1.65. The molecule has 26 heavy (non-hydrogen) atoms. The largest absolute Gasteiger partial charge is 0.371 e. The molecule has 1 fully saturated rings. The van der Waals surface area contributed by atoms with Crippen molar-refractivity contribution < 1.29 is 4.79 Å². The Balaban J connectivity index is 1.52. The lowest BCUT2D eigenvalue weighted by Gasteiger charge is -2.24. The minimum atomic E-state index is 0.167. The van der Waals surface area contributed by atoms with Crippen molar-refractivity contribution >= 4 is 35.0 Å². The SMILES string of the molecule is CN(Cc1ccccc1N1CCCC1)C(=O)CSCc1ccc(Cl)cc1. The minimum absolute atomic E-state index is 0.167. The summed E-state index contributed by atoms with van der Waals surface area (Å²) >= 11 is 7.55. The van der Waals surface area contributed by atoms with E-state index in [0.29, 0.717) is 12.3 Å². The maximum Gasteiger partial charge on any atom is 0.232 e. The van der Waals surface area contributed by atoms with Gasteiger partial charge in [-0.2, -0.15) is 0 Å². The number of rotatable bonds is 7. The van der Waals surface area contributed by atoms with Crippen molar-refractivity contribution in [1.82, 2.24) is 4.90 Å². The molecule has 0 aliphatic carbocycles. The molecule has 1 aliphatic heterocycles. The number of anilines is 1. The summed E-state index contributed by atoms with van der Waals surface area (Å²) in [6.07, 6.45) is 2.51. The van der Waals surface area contributed by atoms with Crippen molar-refractivity contribution in [2.45, 2.75) is 25.1 Å². The lowest BCUT2D eigenvalue weighted by Crippen LogP contribution is -2.29. The molecule has 1 saturated heterocycles. The number of nitrogens with zero attached hydrogens (tertiary/aromatic N) is 2. The molecule has 3 rings (SSSR count). The predicted molar refractivity (Wildman–Crippen MR) is 112 cm³/mol. The Labute approximate surface area is 165 Å². The topological polar surface area (TPSA) is 23.6 Å². The lowest BCUT2D eigenvalue weighted by atomic mass is 10.1.